The molecule has 5 nitrogen and oxygen atoms in total. The monoisotopic (exact) mass is 402 g/mol. The summed E-state index contributed by atoms with van der Waals surface area (Å²) in [5.74, 6) is 1.17. The summed E-state index contributed by atoms with van der Waals surface area (Å²) >= 11 is 0. The van der Waals surface area contributed by atoms with E-state index in [0.717, 1.165) is 31.4 Å². The molecule has 1 aromatic heterocycles. The Kier molecular flexibility index (Phi) is 4.86. The second-order valence-corrected chi connectivity index (χ2v) is 10.4. The van der Waals surface area contributed by atoms with Crippen LogP contribution in [0.1, 0.15) is 78.0 Å². The summed E-state index contributed by atoms with van der Waals surface area (Å²) in [5, 5.41) is 0. The Morgan fingerprint density at radius 1 is 1.07 bits per heavy atom. The van der Waals surface area contributed by atoms with Gasteiger partial charge in [0.1, 0.15) is 18.0 Å². The highest BCUT2D eigenvalue weighted by molar-refractivity contribution is 5.67. The van der Waals surface area contributed by atoms with Crippen molar-refractivity contribution in [2.75, 3.05) is 0 Å². The van der Waals surface area contributed by atoms with Crippen LogP contribution in [0.4, 0.5) is 0 Å². The van der Waals surface area contributed by atoms with Crippen LogP contribution in [-0.4, -0.2) is 24.1 Å². The minimum atomic E-state index is -0.435. The maximum absolute atomic E-state index is 12.2. The van der Waals surface area contributed by atoms with Crippen LogP contribution in [0.25, 0.3) is 0 Å². The van der Waals surface area contributed by atoms with E-state index in [1.807, 2.05) is 6.07 Å². The van der Waals surface area contributed by atoms with Gasteiger partial charge in [0, 0.05) is 32.1 Å². The normalized spacial score (nSPS) is 40.2. The minimum absolute atomic E-state index is 0.0107. The molecule has 0 bridgehead atoms. The molecule has 160 valence electrons. The van der Waals surface area contributed by atoms with Gasteiger partial charge in [0.2, 0.25) is 0 Å². The number of hydrogen-bond acceptors (Lipinski definition) is 5. The zero-order chi connectivity index (χ0) is 21.1. The van der Waals surface area contributed by atoms with E-state index in [4.69, 9.17) is 13.9 Å². The summed E-state index contributed by atoms with van der Waals surface area (Å²) in [6.07, 6.45) is 5.10. The molecule has 29 heavy (non-hydrogen) atoms. The zero-order valence-corrected chi connectivity index (χ0v) is 18.5. The van der Waals surface area contributed by atoms with Crippen molar-refractivity contribution in [1.82, 2.24) is 0 Å². The van der Waals surface area contributed by atoms with Gasteiger partial charge in [-0.15, -0.1) is 0 Å². The molecule has 0 aromatic carbocycles. The fourth-order valence-corrected chi connectivity index (χ4v) is 7.44. The van der Waals surface area contributed by atoms with Gasteiger partial charge in [0.05, 0.1) is 6.26 Å². The maximum atomic E-state index is 12.2. The van der Waals surface area contributed by atoms with Gasteiger partial charge >= 0.3 is 11.9 Å². The lowest BCUT2D eigenvalue weighted by molar-refractivity contribution is -0.237. The van der Waals surface area contributed by atoms with E-state index >= 15 is 0 Å². The highest BCUT2D eigenvalue weighted by atomic mass is 16.6. The van der Waals surface area contributed by atoms with E-state index in [2.05, 4.69) is 27.7 Å². The summed E-state index contributed by atoms with van der Waals surface area (Å²) in [4.78, 5) is 24.3. The van der Waals surface area contributed by atoms with Crippen molar-refractivity contribution in [3.05, 3.63) is 23.7 Å². The summed E-state index contributed by atoms with van der Waals surface area (Å²) < 4.78 is 17.8. The number of fused-ring (bicyclic) bond motifs is 4. The second kappa shape index (κ2) is 6.88. The lowest BCUT2D eigenvalue weighted by atomic mass is 9.42. The molecule has 1 heterocycles. The molecule has 3 aliphatic carbocycles. The first kappa shape index (κ1) is 20.5. The fraction of sp³-hybridized carbons (Fsp3) is 0.750. The van der Waals surface area contributed by atoms with E-state index < -0.39 is 12.2 Å². The Morgan fingerprint density at radius 3 is 2.38 bits per heavy atom. The standard InChI is InChI=1S/C24H34O5/c1-13-16-8-11-27-18(16)12-17-19(13)20(28-14(2)25)21(29-15(3)26)22-23(4,5)9-7-10-24(17,22)6/h8,11,13,17,19-22H,7,9-10,12H2,1-6H3/t13-,17-,19+,20-,21-,22-,24+/m0/s1. The number of rotatable bonds is 2. The van der Waals surface area contributed by atoms with E-state index in [-0.39, 0.29) is 40.5 Å². The molecule has 7 atom stereocenters. The molecule has 0 unspecified atom stereocenters. The molecular formula is C24H34O5. The Bertz CT molecular complexity index is 808. The average molecular weight is 403 g/mol. The van der Waals surface area contributed by atoms with Gasteiger partial charge in [-0.1, -0.05) is 34.1 Å². The van der Waals surface area contributed by atoms with Crippen LogP contribution in [0.3, 0.4) is 0 Å². The molecule has 0 N–H and O–H groups in total. The van der Waals surface area contributed by atoms with Crippen molar-refractivity contribution >= 4 is 11.9 Å². The molecule has 4 rings (SSSR count). The molecule has 0 radical (unpaired) electrons. The van der Waals surface area contributed by atoms with Gasteiger partial charge in [0.15, 0.2) is 0 Å². The lowest BCUT2D eigenvalue weighted by Crippen LogP contribution is -2.66. The Balaban J connectivity index is 1.89. The summed E-state index contributed by atoms with van der Waals surface area (Å²) in [5.41, 5.74) is 1.17. The van der Waals surface area contributed by atoms with Gasteiger partial charge in [-0.3, -0.25) is 9.59 Å². The molecule has 0 spiro atoms. The second-order valence-electron chi connectivity index (χ2n) is 10.4. The first-order valence-electron chi connectivity index (χ1n) is 11.0. The lowest BCUT2D eigenvalue weighted by Gasteiger charge is -2.64. The van der Waals surface area contributed by atoms with E-state index in [0.29, 0.717) is 5.92 Å². The highest BCUT2D eigenvalue weighted by Crippen LogP contribution is 2.65. The van der Waals surface area contributed by atoms with Gasteiger partial charge < -0.3 is 13.9 Å². The van der Waals surface area contributed by atoms with E-state index in [1.165, 1.54) is 19.4 Å². The fourth-order valence-electron chi connectivity index (χ4n) is 7.44. The molecule has 2 saturated carbocycles. The third kappa shape index (κ3) is 3.12. The van der Waals surface area contributed by atoms with Crippen LogP contribution < -0.4 is 0 Å². The van der Waals surface area contributed by atoms with E-state index in [9.17, 15) is 9.59 Å². The van der Waals surface area contributed by atoms with Crippen LogP contribution in [0.5, 0.6) is 0 Å². The average Bonchev–Trinajstić information content (AvgIpc) is 3.06. The quantitative estimate of drug-likeness (QED) is 0.660. The first-order chi connectivity index (χ1) is 13.6. The Hall–Kier alpha value is -1.78. The molecular weight excluding hydrogens is 368 g/mol. The summed E-state index contributed by atoms with van der Waals surface area (Å²) in [6.45, 7) is 12.0. The number of furan rings is 1. The molecule has 0 saturated heterocycles. The van der Waals surface area contributed by atoms with Crippen molar-refractivity contribution in [2.45, 2.75) is 85.4 Å². The first-order valence-corrected chi connectivity index (χ1v) is 11.0. The Morgan fingerprint density at radius 2 is 1.72 bits per heavy atom. The third-order valence-corrected chi connectivity index (χ3v) is 8.29. The predicted octanol–water partition coefficient (Wildman–Crippen LogP) is 4.88. The molecule has 3 aliphatic rings. The van der Waals surface area contributed by atoms with Crippen molar-refractivity contribution < 1.29 is 23.5 Å². The van der Waals surface area contributed by atoms with E-state index in [1.54, 1.807) is 6.26 Å². The SMILES string of the molecule is CC(=O)O[C@@H]1[C@H](OC(C)=O)[C@H]2C(C)(C)CCC[C@]2(C)[C@H]2Cc3occc3[C@H](C)[C@@H]12. The largest absolute Gasteiger partial charge is 0.469 e. The Labute approximate surface area is 173 Å². The van der Waals surface area contributed by atoms with Gasteiger partial charge in [0.25, 0.3) is 0 Å². The number of esters is 2. The smallest absolute Gasteiger partial charge is 0.303 e. The third-order valence-electron chi connectivity index (χ3n) is 8.29. The number of carbonyl (C=O) groups is 2. The number of carbonyl (C=O) groups excluding carboxylic acids is 2. The van der Waals surface area contributed by atoms with Crippen LogP contribution >= 0.6 is 0 Å². The molecule has 1 aromatic rings. The molecule has 0 amide bonds. The zero-order valence-electron chi connectivity index (χ0n) is 18.5. The number of hydrogen-bond donors (Lipinski definition) is 0. The molecule has 0 aliphatic heterocycles. The summed E-state index contributed by atoms with van der Waals surface area (Å²) in [6, 6.07) is 2.04. The minimum Gasteiger partial charge on any atom is -0.469 e. The van der Waals surface area contributed by atoms with Crippen LogP contribution in [0.2, 0.25) is 0 Å². The number of ether oxygens (including phenoxy) is 2. The van der Waals surface area contributed by atoms with Crippen molar-refractivity contribution in [3.8, 4) is 0 Å². The summed E-state index contributed by atoms with van der Waals surface area (Å²) in [7, 11) is 0. The van der Waals surface area contributed by atoms with Crippen molar-refractivity contribution in [2.24, 2.45) is 28.6 Å². The van der Waals surface area contributed by atoms with Crippen molar-refractivity contribution in [1.29, 1.82) is 0 Å². The van der Waals surface area contributed by atoms with Gasteiger partial charge in [-0.2, -0.15) is 0 Å². The molecule has 5 heteroatoms. The van der Waals surface area contributed by atoms with Crippen LogP contribution in [0.15, 0.2) is 16.7 Å². The van der Waals surface area contributed by atoms with Crippen LogP contribution in [-0.2, 0) is 25.5 Å². The van der Waals surface area contributed by atoms with Gasteiger partial charge in [-0.25, -0.2) is 0 Å². The molecule has 2 fully saturated rings. The van der Waals surface area contributed by atoms with Crippen molar-refractivity contribution in [3.63, 3.8) is 0 Å². The topological polar surface area (TPSA) is 65.7 Å². The highest BCUT2D eigenvalue weighted by Gasteiger charge is 2.65. The van der Waals surface area contributed by atoms with Gasteiger partial charge in [-0.05, 0) is 47.1 Å². The predicted molar refractivity (Wildman–Crippen MR) is 108 cm³/mol. The van der Waals surface area contributed by atoms with Crippen LogP contribution in [0, 0.1) is 28.6 Å². The maximum Gasteiger partial charge on any atom is 0.303 e.